The predicted molar refractivity (Wildman–Crippen MR) is 84.4 cm³/mol. The molecule has 122 valence electrons. The molecule has 0 heterocycles. The van der Waals surface area contributed by atoms with Crippen molar-refractivity contribution in [1.82, 2.24) is 0 Å². The summed E-state index contributed by atoms with van der Waals surface area (Å²) in [5, 5.41) is 0. The Labute approximate surface area is 146 Å². The Morgan fingerprint density at radius 2 is 0.880 bits per heavy atom. The van der Waals surface area contributed by atoms with Gasteiger partial charge in [0.2, 0.25) is 0 Å². The van der Waals surface area contributed by atoms with Crippen molar-refractivity contribution in [2.75, 3.05) is 0 Å². The molecule has 0 radical (unpaired) electrons. The molecule has 0 aliphatic heterocycles. The maximum atomic E-state index is 2.74. The van der Waals surface area contributed by atoms with Gasteiger partial charge in [0.25, 0.3) is 0 Å². The van der Waals surface area contributed by atoms with Gasteiger partial charge >= 0.3 is 0 Å². The van der Waals surface area contributed by atoms with E-state index < -0.39 is 0 Å². The fourth-order valence-corrected chi connectivity index (χ4v) is 22.7. The molecule has 21 atom stereocenters. The molecule has 15 fully saturated rings. The molecule has 0 aromatic carbocycles. The molecule has 15 rings (SSSR count). The van der Waals surface area contributed by atoms with Crippen molar-refractivity contribution in [3.8, 4) is 0 Å². The summed E-state index contributed by atoms with van der Waals surface area (Å²) in [6, 6.07) is 0. The second-order valence-electron chi connectivity index (χ2n) is 15.1. The van der Waals surface area contributed by atoms with E-state index in [0.717, 1.165) is 43.3 Å². The zero-order valence-corrected chi connectivity index (χ0v) is 14.6. The molecule has 15 aliphatic carbocycles. The molecule has 0 nitrogen and oxygen atoms in total. The van der Waals surface area contributed by atoms with Crippen LogP contribution in [0.2, 0.25) is 0 Å². The van der Waals surface area contributed by atoms with Gasteiger partial charge in [0.05, 0.1) is 0 Å². The first kappa shape index (κ1) is 9.47. The summed E-state index contributed by atoms with van der Waals surface area (Å²) in [6.45, 7) is 2.74. The van der Waals surface area contributed by atoms with Gasteiger partial charge in [0.1, 0.15) is 0 Å². The largest absolute Gasteiger partial charge is 0.0619 e. The summed E-state index contributed by atoms with van der Waals surface area (Å²) < 4.78 is 0. The van der Waals surface area contributed by atoms with E-state index in [1.165, 1.54) is 76.9 Å². The second-order valence-corrected chi connectivity index (χ2v) is 15.1. The molecular weight excluding hydrogens is 300 g/mol. The Morgan fingerprint density at radius 1 is 0.440 bits per heavy atom. The smallest absolute Gasteiger partial charge is 0.00535 e. The summed E-state index contributed by atoms with van der Waals surface area (Å²) >= 11 is 0. The van der Waals surface area contributed by atoms with Crippen LogP contribution in [0.1, 0.15) is 26.2 Å². The maximum Gasteiger partial charge on any atom is -0.00535 e. The number of rotatable bonds is 0. The molecule has 0 aromatic rings. The van der Waals surface area contributed by atoms with Gasteiger partial charge in [-0.25, -0.2) is 0 Å². The molecular formula is C25H22. The van der Waals surface area contributed by atoms with Crippen LogP contribution in [0.3, 0.4) is 0 Å². The van der Waals surface area contributed by atoms with Crippen LogP contribution < -0.4 is 0 Å². The molecule has 0 heteroatoms. The minimum Gasteiger partial charge on any atom is -0.0619 e. The average molecular weight is 322 g/mol. The summed E-state index contributed by atoms with van der Waals surface area (Å²) in [7, 11) is 0. The SMILES string of the molecule is CC1C2C3CC4C5C6C7CC8C9CC%10C%11C%12C1C21C34C52C63C87C9%10C%113C%1212. The van der Waals surface area contributed by atoms with Crippen molar-refractivity contribution in [2.24, 2.45) is 120 Å². The minimum absolute atomic E-state index is 1.07. The first-order valence-electron chi connectivity index (χ1n) is 12.3. The van der Waals surface area contributed by atoms with Crippen molar-refractivity contribution in [3.63, 3.8) is 0 Å². The van der Waals surface area contributed by atoms with E-state index >= 15 is 0 Å². The Hall–Kier alpha value is 0. The quantitative estimate of drug-likeness (QED) is 0.642. The number of hydrogen-bond acceptors (Lipinski definition) is 0. The summed E-state index contributed by atoms with van der Waals surface area (Å²) in [5.41, 5.74) is 8.74. The molecule has 0 N–H and O–H groups in total. The molecule has 0 amide bonds. The highest BCUT2D eigenvalue weighted by atomic mass is 15.5. The fourth-order valence-electron chi connectivity index (χ4n) is 22.7. The van der Waals surface area contributed by atoms with Crippen LogP contribution in [-0.2, 0) is 0 Å². The van der Waals surface area contributed by atoms with Crippen molar-refractivity contribution in [2.45, 2.75) is 26.2 Å². The number of fused-ring (bicyclic) bond motifs is 8. The van der Waals surface area contributed by atoms with E-state index in [2.05, 4.69) is 6.92 Å². The molecule has 8 spiro atoms. The van der Waals surface area contributed by atoms with Gasteiger partial charge in [-0.2, -0.15) is 0 Å². The van der Waals surface area contributed by atoms with Gasteiger partial charge in [-0.15, -0.1) is 0 Å². The van der Waals surface area contributed by atoms with Gasteiger partial charge in [0.15, 0.2) is 0 Å². The van der Waals surface area contributed by atoms with Gasteiger partial charge < -0.3 is 0 Å². The first-order valence-corrected chi connectivity index (χ1v) is 12.3. The zero-order valence-electron chi connectivity index (χ0n) is 14.6. The molecule has 15 aliphatic rings. The third-order valence-electron chi connectivity index (χ3n) is 19.1. The lowest BCUT2D eigenvalue weighted by Gasteiger charge is -3.44. The number of hydrogen-bond donors (Lipinski definition) is 0. The average Bonchev–Trinajstić information content (AvgIpc) is 2.48. The standard InChI is InChI=1S/C25H22/c1-5-12-8-4-11-15-14-9-2-6-7-3-10-16-17-13(5)21(12)20(8,11)23(15)22(14)18(6,9)19(7,10)24(16,22)25(17,21)23/h5-17H,2-4H2,1H3. The highest BCUT2D eigenvalue weighted by molar-refractivity contribution is 5.87. The van der Waals surface area contributed by atoms with E-state index in [1.54, 1.807) is 19.3 Å². The topological polar surface area (TPSA) is 0 Å². The van der Waals surface area contributed by atoms with Gasteiger partial charge in [-0.05, 0) is 140 Å². The van der Waals surface area contributed by atoms with Crippen LogP contribution >= 0.6 is 0 Å². The van der Waals surface area contributed by atoms with Crippen molar-refractivity contribution < 1.29 is 0 Å². The van der Waals surface area contributed by atoms with Crippen LogP contribution in [0.25, 0.3) is 0 Å². The first-order chi connectivity index (χ1) is 12.3. The molecule has 0 saturated heterocycles. The lowest BCUT2D eigenvalue weighted by Crippen LogP contribution is -3.42. The minimum atomic E-state index is 1.07. The molecule has 0 bridgehead atoms. The van der Waals surface area contributed by atoms with Crippen LogP contribution in [0.4, 0.5) is 0 Å². The van der Waals surface area contributed by atoms with E-state index in [9.17, 15) is 0 Å². The lowest BCUT2D eigenvalue weighted by molar-refractivity contribution is -0.985. The normalized spacial score (nSPS) is 121. The monoisotopic (exact) mass is 322 g/mol. The Balaban J connectivity index is 1.21. The lowest BCUT2D eigenvalue weighted by atomic mass is 8.59. The van der Waals surface area contributed by atoms with Crippen molar-refractivity contribution >= 4 is 0 Å². The van der Waals surface area contributed by atoms with Gasteiger partial charge in [-0.1, -0.05) is 6.92 Å². The van der Waals surface area contributed by atoms with Gasteiger partial charge in [-0.3, -0.25) is 0 Å². The summed E-state index contributed by atoms with van der Waals surface area (Å²) in [6.07, 6.45) is 5.26. The molecule has 0 aromatic heterocycles. The van der Waals surface area contributed by atoms with E-state index in [1.807, 2.05) is 0 Å². The molecule has 25 heavy (non-hydrogen) atoms. The highest BCUT2D eigenvalue weighted by Gasteiger charge is 3.42. The van der Waals surface area contributed by atoms with E-state index in [4.69, 9.17) is 0 Å². The van der Waals surface area contributed by atoms with Crippen molar-refractivity contribution in [3.05, 3.63) is 0 Å². The predicted octanol–water partition coefficient (Wildman–Crippen LogP) is 3.28. The summed E-state index contributed by atoms with van der Waals surface area (Å²) in [5.74, 6) is 17.1. The zero-order chi connectivity index (χ0) is 14.6. The van der Waals surface area contributed by atoms with E-state index in [0.29, 0.717) is 0 Å². The third-order valence-corrected chi connectivity index (χ3v) is 19.1. The highest BCUT2D eigenvalue weighted by Crippen LogP contribution is 3.44. The van der Waals surface area contributed by atoms with Crippen LogP contribution in [-0.4, -0.2) is 0 Å². The molecule has 21 unspecified atom stereocenters. The Morgan fingerprint density at radius 3 is 1.52 bits per heavy atom. The Bertz CT molecular complexity index is 1160. The summed E-state index contributed by atoms with van der Waals surface area (Å²) in [4.78, 5) is 0. The van der Waals surface area contributed by atoms with Gasteiger partial charge in [0, 0.05) is 0 Å². The van der Waals surface area contributed by atoms with Crippen molar-refractivity contribution in [1.29, 1.82) is 0 Å². The van der Waals surface area contributed by atoms with Crippen LogP contribution in [0, 0.1) is 120 Å². The molecule has 15 saturated carbocycles. The maximum absolute atomic E-state index is 2.74. The Kier molecular flexibility index (Phi) is 0.594. The van der Waals surface area contributed by atoms with Crippen LogP contribution in [0.15, 0.2) is 0 Å². The van der Waals surface area contributed by atoms with E-state index in [-0.39, 0.29) is 0 Å². The second kappa shape index (κ2) is 1.57. The third kappa shape index (κ3) is 0.254. The van der Waals surface area contributed by atoms with Crippen LogP contribution in [0.5, 0.6) is 0 Å². The fraction of sp³-hybridized carbons (Fsp3) is 1.00.